The number of ether oxygens (including phenoxy) is 1. The number of hydrogen-bond donors (Lipinski definition) is 2. The van der Waals surface area contributed by atoms with Crippen molar-refractivity contribution in [1.82, 2.24) is 4.98 Å². The van der Waals surface area contributed by atoms with E-state index in [9.17, 15) is 9.59 Å². The molecule has 3 aromatic rings. The summed E-state index contributed by atoms with van der Waals surface area (Å²) in [4.78, 5) is 26.8. The van der Waals surface area contributed by atoms with Crippen LogP contribution in [0.15, 0.2) is 65.8 Å². The molecular weight excluding hydrogens is 443 g/mol. The topological polar surface area (TPSA) is 88.5 Å². The van der Waals surface area contributed by atoms with Gasteiger partial charge in [-0.1, -0.05) is 41.1 Å². The third-order valence-corrected chi connectivity index (χ3v) is 5.74. The summed E-state index contributed by atoms with van der Waals surface area (Å²) in [5.41, 5.74) is 3.83. The minimum absolute atomic E-state index is 0. The molecule has 2 aromatic carbocycles. The zero-order valence-corrected chi connectivity index (χ0v) is 20.5. The Bertz CT molecular complexity index is 1060. The molecule has 1 heterocycles. The van der Waals surface area contributed by atoms with E-state index in [1.807, 2.05) is 43.3 Å². The van der Waals surface area contributed by atoms with Gasteiger partial charge >= 0.3 is 25.0 Å². The van der Waals surface area contributed by atoms with Gasteiger partial charge < -0.3 is 28.5 Å². The van der Waals surface area contributed by atoms with Crippen LogP contribution in [0.3, 0.4) is 0 Å². The normalized spacial score (nSPS) is 10.7. The summed E-state index contributed by atoms with van der Waals surface area (Å²) in [5.74, 6) is 0.529. The number of benzene rings is 2. The van der Waals surface area contributed by atoms with Crippen molar-refractivity contribution in [3.8, 4) is 16.9 Å². The Morgan fingerprint density at radius 3 is 2.38 bits per heavy atom. The quantitative estimate of drug-likeness (QED) is 0.298. The molecule has 1 unspecified atom stereocenters. The van der Waals surface area contributed by atoms with Crippen molar-refractivity contribution in [2.45, 2.75) is 30.0 Å². The monoisotopic (exact) mass is 470 g/mol. The average Bonchev–Trinajstić information content (AvgIpc) is 2.83. The fourth-order valence-electron chi connectivity index (χ4n) is 2.86. The summed E-state index contributed by atoms with van der Waals surface area (Å²) in [5, 5.41) is 11.5. The summed E-state index contributed by atoms with van der Waals surface area (Å²) in [6.45, 7) is 9.01. The Morgan fingerprint density at radius 2 is 1.85 bits per heavy atom. The summed E-state index contributed by atoms with van der Waals surface area (Å²) in [7, 11) is 1.53. The second kappa shape index (κ2) is 15.2. The maximum atomic E-state index is 11.5. The van der Waals surface area contributed by atoms with Crippen molar-refractivity contribution in [2.75, 3.05) is 12.4 Å². The minimum atomic E-state index is -1.14. The van der Waals surface area contributed by atoms with Gasteiger partial charge in [-0.15, -0.1) is 11.8 Å². The van der Waals surface area contributed by atoms with Crippen LogP contribution in [0.5, 0.6) is 5.75 Å². The number of amides is 1. The molecule has 0 spiro atoms. The SMILES string of the molecule is COc1cc(NC(=O)O)ccc1-c1cnc(SC([C-]=O)c2ccccc2)c(C)c1.[CH2-]CC[CH2-].[Li+]. The zero-order valence-electron chi connectivity index (χ0n) is 19.7. The molecule has 174 valence electrons. The fourth-order valence-corrected chi connectivity index (χ4v) is 3.79. The van der Waals surface area contributed by atoms with Crippen LogP contribution < -0.4 is 28.9 Å². The second-order valence-electron chi connectivity index (χ2n) is 6.92. The van der Waals surface area contributed by atoms with Crippen molar-refractivity contribution in [1.29, 1.82) is 0 Å². The molecule has 0 bridgehead atoms. The molecule has 34 heavy (non-hydrogen) atoms. The van der Waals surface area contributed by atoms with E-state index in [0.29, 0.717) is 11.4 Å². The Labute approximate surface area is 217 Å². The van der Waals surface area contributed by atoms with Crippen LogP contribution in [-0.2, 0) is 4.79 Å². The molecule has 0 aliphatic rings. The minimum Gasteiger partial charge on any atom is -0.540 e. The van der Waals surface area contributed by atoms with E-state index in [4.69, 9.17) is 9.84 Å². The maximum absolute atomic E-state index is 11.5. The first-order valence-corrected chi connectivity index (χ1v) is 11.1. The van der Waals surface area contributed by atoms with Crippen LogP contribution in [0.2, 0.25) is 0 Å². The number of nitrogens with zero attached hydrogens (tertiary/aromatic N) is 1. The summed E-state index contributed by atoms with van der Waals surface area (Å²) in [6, 6.07) is 16.5. The molecule has 8 heteroatoms. The number of rotatable bonds is 8. The van der Waals surface area contributed by atoms with Crippen molar-refractivity contribution in [3.05, 3.63) is 85.8 Å². The Kier molecular flexibility index (Phi) is 13.1. The second-order valence-corrected chi connectivity index (χ2v) is 8.02. The summed E-state index contributed by atoms with van der Waals surface area (Å²) in [6.07, 6.45) is 4.57. The van der Waals surface area contributed by atoms with Gasteiger partial charge in [-0.2, -0.15) is 0 Å². The molecule has 0 saturated carbocycles. The van der Waals surface area contributed by atoms with E-state index in [-0.39, 0.29) is 18.9 Å². The number of carbonyl (C=O) groups excluding carboxylic acids is 1. The number of aromatic nitrogens is 1. The standard InChI is InChI=1S/C22H19N2O4S.C4H8.Li/c1-14-10-16(18-9-8-17(24-22(26)27)11-19(18)28-2)12-23-21(14)29-20(13-25)15-6-4-3-5-7-15;1-3-4-2;/h3-12,20,24H,1-2H3,(H,26,27);1-4H2;/q-1;-2;+1. The van der Waals surface area contributed by atoms with Crippen LogP contribution >= 0.6 is 11.8 Å². The Hall–Kier alpha value is -2.72. The molecule has 2 N–H and O–H groups in total. The predicted molar refractivity (Wildman–Crippen MR) is 133 cm³/mol. The van der Waals surface area contributed by atoms with E-state index in [2.05, 4.69) is 30.4 Å². The van der Waals surface area contributed by atoms with Crippen LogP contribution in [0.1, 0.15) is 29.2 Å². The molecule has 0 aliphatic carbocycles. The number of carbonyl (C=O) groups is 1. The third-order valence-electron chi connectivity index (χ3n) is 4.48. The molecule has 0 saturated heterocycles. The number of pyridine rings is 1. The van der Waals surface area contributed by atoms with Crippen LogP contribution in [-0.4, -0.2) is 29.6 Å². The molecule has 1 aromatic heterocycles. The molecule has 3 rings (SSSR count). The number of methoxy groups -OCH3 is 1. The van der Waals surface area contributed by atoms with Crippen molar-refractivity contribution >= 4 is 29.8 Å². The van der Waals surface area contributed by atoms with E-state index < -0.39 is 11.3 Å². The molecular formula is C26H27LiN2O4S-2. The third kappa shape index (κ3) is 8.57. The van der Waals surface area contributed by atoms with Gasteiger partial charge in [-0.3, -0.25) is 5.32 Å². The van der Waals surface area contributed by atoms with Crippen molar-refractivity contribution in [3.63, 3.8) is 0 Å². The summed E-state index contributed by atoms with van der Waals surface area (Å²) < 4.78 is 5.41. The van der Waals surface area contributed by atoms with Gasteiger partial charge in [0.15, 0.2) is 0 Å². The number of anilines is 1. The summed E-state index contributed by atoms with van der Waals surface area (Å²) >= 11 is 1.35. The van der Waals surface area contributed by atoms with Gasteiger partial charge in [0.2, 0.25) is 0 Å². The number of hydrogen-bond acceptors (Lipinski definition) is 5. The maximum Gasteiger partial charge on any atom is 1.00 e. The van der Waals surface area contributed by atoms with Crippen molar-refractivity contribution in [2.24, 2.45) is 0 Å². The first-order valence-electron chi connectivity index (χ1n) is 10.3. The zero-order chi connectivity index (χ0) is 24.2. The largest absolute Gasteiger partial charge is 1.00 e. The molecule has 0 fully saturated rings. The number of thioether (sulfide) groups is 1. The van der Waals surface area contributed by atoms with Crippen LogP contribution in [0.25, 0.3) is 11.1 Å². The molecule has 0 aliphatic heterocycles. The molecule has 0 radical (unpaired) electrons. The van der Waals surface area contributed by atoms with E-state index in [1.165, 1.54) is 18.9 Å². The van der Waals surface area contributed by atoms with Gasteiger partial charge in [0.05, 0.1) is 12.1 Å². The molecule has 6 nitrogen and oxygen atoms in total. The number of carboxylic acid groups (broad SMARTS) is 1. The van der Waals surface area contributed by atoms with E-state index >= 15 is 0 Å². The molecule has 1 atom stereocenters. The van der Waals surface area contributed by atoms with Gasteiger partial charge in [0, 0.05) is 29.1 Å². The fraction of sp³-hybridized carbons (Fsp3) is 0.192. The number of aryl methyl sites for hydroxylation is 1. The van der Waals surface area contributed by atoms with Crippen LogP contribution in [0, 0.1) is 20.8 Å². The average molecular weight is 471 g/mol. The van der Waals surface area contributed by atoms with E-state index in [0.717, 1.165) is 40.1 Å². The number of nitrogens with one attached hydrogen (secondary N) is 1. The van der Waals surface area contributed by atoms with Gasteiger partial charge in [-0.05, 0) is 30.7 Å². The van der Waals surface area contributed by atoms with Gasteiger partial charge in [0.1, 0.15) is 5.75 Å². The first-order chi connectivity index (χ1) is 15.9. The van der Waals surface area contributed by atoms with Crippen molar-refractivity contribution < 1.29 is 38.3 Å². The first kappa shape index (κ1) is 29.3. The Morgan fingerprint density at radius 1 is 1.18 bits per heavy atom. The van der Waals surface area contributed by atoms with Gasteiger partial charge in [-0.25, -0.2) is 28.9 Å². The van der Waals surface area contributed by atoms with E-state index in [1.54, 1.807) is 24.4 Å². The smallest absolute Gasteiger partial charge is 0.540 e. The number of unbranched alkanes of at least 4 members (excludes halogenated alkanes) is 1. The Balaban J connectivity index is 0.00000107. The van der Waals surface area contributed by atoms with Crippen LogP contribution in [0.4, 0.5) is 10.5 Å². The predicted octanol–water partition coefficient (Wildman–Crippen LogP) is 3.54. The van der Waals surface area contributed by atoms with Gasteiger partial charge in [0.25, 0.3) is 0 Å². The molecule has 1 amide bonds.